The summed E-state index contributed by atoms with van der Waals surface area (Å²) in [5, 5.41) is 11.7. The molecule has 182 valence electrons. The van der Waals surface area contributed by atoms with E-state index < -0.39 is 32.6 Å². The Balaban J connectivity index is 1.61. The third-order valence-corrected chi connectivity index (χ3v) is 5.90. The van der Waals surface area contributed by atoms with Crippen molar-refractivity contribution in [2.75, 3.05) is 19.8 Å². The monoisotopic (exact) mass is 493 g/mol. The predicted molar refractivity (Wildman–Crippen MR) is 125 cm³/mol. The zero-order chi connectivity index (χ0) is 24.6. The number of fused-ring (bicyclic) bond motifs is 1. The second-order valence-corrected chi connectivity index (χ2v) is 8.74. The lowest BCUT2D eigenvalue weighted by atomic mass is 9.93. The van der Waals surface area contributed by atoms with E-state index >= 15 is 0 Å². The first kappa shape index (κ1) is 26.1. The maximum atomic E-state index is 13.7. The van der Waals surface area contributed by atoms with Crippen molar-refractivity contribution in [1.82, 2.24) is 0 Å². The number of hydrogen-bond acceptors (Lipinski definition) is 5. The molecule has 0 radical (unpaired) electrons. The molecule has 0 bridgehead atoms. The summed E-state index contributed by atoms with van der Waals surface area (Å²) < 4.78 is 61.7. The number of halogens is 3. The highest BCUT2D eigenvalue weighted by atomic mass is 31.1. The van der Waals surface area contributed by atoms with Crippen molar-refractivity contribution in [3.63, 3.8) is 0 Å². The molecule has 0 amide bonds. The molecule has 1 unspecified atom stereocenters. The van der Waals surface area contributed by atoms with Gasteiger partial charge in [0.25, 0.3) is 0 Å². The molecule has 0 aliphatic carbocycles. The molecule has 0 heterocycles. The fraction of sp³-hybridized carbons (Fsp3) is 0.360. The fourth-order valence-corrected chi connectivity index (χ4v) is 3.99. The number of aryl methyl sites for hydroxylation is 2. The first-order chi connectivity index (χ1) is 16.2. The number of alkyl halides is 3. The molecule has 0 aromatic heterocycles. The molecule has 0 saturated carbocycles. The van der Waals surface area contributed by atoms with Gasteiger partial charge in [0, 0.05) is 0 Å². The SMILES string of the molecule is NC(CO)(CCc1ccc(OCCCc2ccc3ccccc3c2)c(C(F)(F)F)c1)COP=O. The summed E-state index contributed by atoms with van der Waals surface area (Å²) in [6.07, 6.45) is -2.98. The van der Waals surface area contributed by atoms with Gasteiger partial charge in [-0.25, -0.2) is 4.57 Å². The molecule has 9 heteroatoms. The Bertz CT molecular complexity index is 1110. The Hall–Kier alpha value is -2.51. The third kappa shape index (κ3) is 7.24. The maximum Gasteiger partial charge on any atom is 0.419 e. The summed E-state index contributed by atoms with van der Waals surface area (Å²) in [7, 11) is -0.576. The van der Waals surface area contributed by atoms with Gasteiger partial charge >= 0.3 is 14.9 Å². The molecule has 3 N–H and O–H groups in total. The van der Waals surface area contributed by atoms with Crippen LogP contribution in [0.2, 0.25) is 0 Å². The molecular weight excluding hydrogens is 466 g/mol. The van der Waals surface area contributed by atoms with Crippen LogP contribution in [0.3, 0.4) is 0 Å². The summed E-state index contributed by atoms with van der Waals surface area (Å²) in [5.41, 5.74) is 5.43. The second kappa shape index (κ2) is 11.8. The van der Waals surface area contributed by atoms with Crippen LogP contribution in [0.1, 0.15) is 29.5 Å². The first-order valence-electron chi connectivity index (χ1n) is 10.9. The molecule has 5 nitrogen and oxygen atoms in total. The summed E-state index contributed by atoms with van der Waals surface area (Å²) >= 11 is 0. The minimum absolute atomic E-state index is 0.150. The molecular formula is C25H27F3NO4P. The zero-order valence-electron chi connectivity index (χ0n) is 18.6. The van der Waals surface area contributed by atoms with Gasteiger partial charge in [0.05, 0.1) is 30.9 Å². The lowest BCUT2D eigenvalue weighted by molar-refractivity contribution is -0.139. The van der Waals surface area contributed by atoms with Gasteiger partial charge in [0.15, 0.2) is 0 Å². The van der Waals surface area contributed by atoms with Crippen LogP contribution in [-0.4, -0.2) is 30.5 Å². The van der Waals surface area contributed by atoms with Gasteiger partial charge in [-0.3, -0.25) is 4.52 Å². The Labute approximate surface area is 198 Å². The average molecular weight is 493 g/mol. The smallest absolute Gasteiger partial charge is 0.419 e. The highest BCUT2D eigenvalue weighted by Gasteiger charge is 2.35. The van der Waals surface area contributed by atoms with E-state index in [0.29, 0.717) is 18.4 Å². The highest BCUT2D eigenvalue weighted by molar-refractivity contribution is 7.17. The second-order valence-electron chi connectivity index (χ2n) is 8.33. The van der Waals surface area contributed by atoms with E-state index in [2.05, 4.69) is 6.07 Å². The predicted octanol–water partition coefficient (Wildman–Crippen LogP) is 5.72. The molecule has 3 aromatic carbocycles. The van der Waals surface area contributed by atoms with Crippen LogP contribution in [0.15, 0.2) is 60.7 Å². The van der Waals surface area contributed by atoms with Crippen molar-refractivity contribution >= 4 is 19.5 Å². The Morgan fingerprint density at radius 2 is 1.65 bits per heavy atom. The molecule has 34 heavy (non-hydrogen) atoms. The highest BCUT2D eigenvalue weighted by Crippen LogP contribution is 2.37. The minimum atomic E-state index is -4.58. The topological polar surface area (TPSA) is 81.8 Å². The van der Waals surface area contributed by atoms with Crippen molar-refractivity contribution in [3.05, 3.63) is 77.4 Å². The van der Waals surface area contributed by atoms with E-state index in [9.17, 15) is 22.8 Å². The van der Waals surface area contributed by atoms with E-state index in [1.165, 1.54) is 6.07 Å². The van der Waals surface area contributed by atoms with Crippen LogP contribution in [0, 0.1) is 0 Å². The molecule has 0 spiro atoms. The van der Waals surface area contributed by atoms with Crippen molar-refractivity contribution in [3.8, 4) is 5.75 Å². The number of ether oxygens (including phenoxy) is 1. The van der Waals surface area contributed by atoms with Gasteiger partial charge < -0.3 is 15.6 Å². The zero-order valence-corrected chi connectivity index (χ0v) is 19.4. The van der Waals surface area contributed by atoms with Gasteiger partial charge in [-0.15, -0.1) is 0 Å². The normalized spacial score (nSPS) is 13.8. The average Bonchev–Trinajstić information content (AvgIpc) is 2.83. The van der Waals surface area contributed by atoms with Crippen molar-refractivity contribution in [2.45, 2.75) is 37.4 Å². The van der Waals surface area contributed by atoms with Gasteiger partial charge in [0.1, 0.15) is 5.75 Å². The van der Waals surface area contributed by atoms with Gasteiger partial charge in [-0.1, -0.05) is 48.5 Å². The number of nitrogens with two attached hydrogens (primary N) is 1. The summed E-state index contributed by atoms with van der Waals surface area (Å²) in [4.78, 5) is 0. The third-order valence-electron chi connectivity index (χ3n) is 5.66. The quantitative estimate of drug-likeness (QED) is 0.249. The number of hydrogen-bond donors (Lipinski definition) is 2. The fourth-order valence-electron chi connectivity index (χ4n) is 3.68. The Morgan fingerprint density at radius 1 is 0.941 bits per heavy atom. The van der Waals surface area contributed by atoms with Crippen LogP contribution in [-0.2, 0) is 28.1 Å². The molecule has 0 aliphatic rings. The Kier molecular flexibility index (Phi) is 9.03. The number of aliphatic hydroxyl groups excluding tert-OH is 1. The standard InChI is InChI=1S/C25H27F3NO4P/c26-25(27,28)22-15-19(11-12-24(29,16-30)17-33-34-31)8-10-23(22)32-13-3-4-18-7-9-20-5-1-2-6-21(20)14-18/h1-2,5-10,14-15,30H,3-4,11-13,16-17,29H2. The number of aliphatic hydroxyl groups is 1. The van der Waals surface area contributed by atoms with E-state index in [1.54, 1.807) is 6.07 Å². The molecule has 0 fully saturated rings. The van der Waals surface area contributed by atoms with Crippen molar-refractivity contribution in [1.29, 1.82) is 0 Å². The van der Waals surface area contributed by atoms with Crippen molar-refractivity contribution in [2.24, 2.45) is 5.73 Å². The van der Waals surface area contributed by atoms with Crippen LogP contribution < -0.4 is 10.5 Å². The summed E-state index contributed by atoms with van der Waals surface area (Å²) in [6, 6.07) is 18.0. The largest absolute Gasteiger partial charge is 0.493 e. The number of rotatable bonds is 12. The van der Waals surface area contributed by atoms with Crippen LogP contribution >= 0.6 is 8.69 Å². The summed E-state index contributed by atoms with van der Waals surface area (Å²) in [6.45, 7) is -0.483. The van der Waals surface area contributed by atoms with E-state index in [4.69, 9.17) is 15.0 Å². The minimum Gasteiger partial charge on any atom is -0.493 e. The summed E-state index contributed by atoms with van der Waals surface area (Å²) in [5.74, 6) is -0.218. The van der Waals surface area contributed by atoms with E-state index in [-0.39, 0.29) is 31.8 Å². The lowest BCUT2D eigenvalue weighted by Gasteiger charge is -2.25. The van der Waals surface area contributed by atoms with Crippen LogP contribution in [0.25, 0.3) is 10.8 Å². The van der Waals surface area contributed by atoms with E-state index in [1.807, 2.05) is 36.4 Å². The Morgan fingerprint density at radius 3 is 2.35 bits per heavy atom. The lowest BCUT2D eigenvalue weighted by Crippen LogP contribution is -2.47. The van der Waals surface area contributed by atoms with E-state index in [0.717, 1.165) is 22.4 Å². The molecule has 3 rings (SSSR count). The molecule has 0 aliphatic heterocycles. The molecule has 3 aromatic rings. The van der Waals surface area contributed by atoms with Gasteiger partial charge in [-0.05, 0) is 59.7 Å². The van der Waals surface area contributed by atoms with Crippen LogP contribution in [0.5, 0.6) is 5.75 Å². The van der Waals surface area contributed by atoms with Gasteiger partial charge in [0.2, 0.25) is 0 Å². The maximum absolute atomic E-state index is 13.7. The van der Waals surface area contributed by atoms with Crippen LogP contribution in [0.4, 0.5) is 13.2 Å². The van der Waals surface area contributed by atoms with Gasteiger partial charge in [-0.2, -0.15) is 13.2 Å². The molecule has 1 atom stereocenters. The first-order valence-corrected chi connectivity index (χ1v) is 11.6. The number of benzene rings is 3. The van der Waals surface area contributed by atoms with Crippen molar-refractivity contribution < 1.29 is 32.1 Å². The molecule has 0 saturated heterocycles.